The van der Waals surface area contributed by atoms with E-state index in [1.54, 1.807) is 0 Å². The Kier molecular flexibility index (Phi) is 3.36. The smallest absolute Gasteiger partial charge is 0.0770 e. The van der Waals surface area contributed by atoms with Crippen molar-refractivity contribution in [1.29, 1.82) is 0 Å². The van der Waals surface area contributed by atoms with Crippen molar-refractivity contribution in [3.8, 4) is 0 Å². The molecule has 0 unspecified atom stereocenters. The summed E-state index contributed by atoms with van der Waals surface area (Å²) in [6, 6.07) is 4.04. The largest absolute Gasteiger partial charge is 0.384 e. The highest BCUT2D eigenvalue weighted by atomic mass is 35.5. The molecule has 0 bridgehead atoms. The second kappa shape index (κ2) is 5.01. The fraction of sp³-hybridized carbons (Fsp3) is 0.438. The minimum atomic E-state index is 0.803. The molecule has 1 aliphatic carbocycles. The second-order valence-electron chi connectivity index (χ2n) is 5.24. The number of anilines is 1. The number of hydrogen-bond acceptors (Lipinski definition) is 2. The van der Waals surface area contributed by atoms with E-state index < -0.39 is 0 Å². The molecule has 0 aliphatic heterocycles. The highest BCUT2D eigenvalue weighted by Crippen LogP contribution is 2.38. The van der Waals surface area contributed by atoms with Gasteiger partial charge in [0, 0.05) is 17.6 Å². The van der Waals surface area contributed by atoms with E-state index in [1.165, 1.54) is 35.3 Å². The Morgan fingerprint density at radius 1 is 1.26 bits per heavy atom. The van der Waals surface area contributed by atoms with Crippen LogP contribution in [-0.4, -0.2) is 11.5 Å². The number of aryl methyl sites for hydroxylation is 2. The molecular formula is C16H19ClN2. The molecule has 3 heteroatoms. The normalized spacial score (nSPS) is 14.5. The third-order valence-electron chi connectivity index (χ3n) is 3.92. The summed E-state index contributed by atoms with van der Waals surface area (Å²) < 4.78 is 0. The van der Waals surface area contributed by atoms with Crippen molar-refractivity contribution in [2.45, 2.75) is 39.5 Å². The summed E-state index contributed by atoms with van der Waals surface area (Å²) in [5, 5.41) is 5.43. The molecule has 0 atom stereocenters. The van der Waals surface area contributed by atoms with Crippen LogP contribution in [0.15, 0.2) is 12.1 Å². The first kappa shape index (κ1) is 12.7. The van der Waals surface area contributed by atoms with Crippen molar-refractivity contribution in [2.75, 3.05) is 11.9 Å². The van der Waals surface area contributed by atoms with E-state index in [0.717, 1.165) is 35.3 Å². The average molecular weight is 275 g/mol. The van der Waals surface area contributed by atoms with Crippen LogP contribution >= 0.6 is 11.6 Å². The third-order valence-corrected chi connectivity index (χ3v) is 4.23. The molecular weight excluding hydrogens is 256 g/mol. The fourth-order valence-corrected chi connectivity index (χ4v) is 3.24. The zero-order valence-electron chi connectivity index (χ0n) is 11.5. The predicted octanol–water partition coefficient (Wildman–Crippen LogP) is 4.51. The first-order valence-corrected chi connectivity index (χ1v) is 7.44. The quantitative estimate of drug-likeness (QED) is 0.872. The summed E-state index contributed by atoms with van der Waals surface area (Å²) in [6.07, 6.45) is 4.71. The monoisotopic (exact) mass is 274 g/mol. The predicted molar refractivity (Wildman–Crippen MR) is 82.3 cm³/mol. The summed E-state index contributed by atoms with van der Waals surface area (Å²) >= 11 is 6.43. The van der Waals surface area contributed by atoms with Gasteiger partial charge in [0.05, 0.1) is 16.2 Å². The molecule has 1 heterocycles. The van der Waals surface area contributed by atoms with E-state index >= 15 is 0 Å². The van der Waals surface area contributed by atoms with Gasteiger partial charge in [0.15, 0.2) is 0 Å². The van der Waals surface area contributed by atoms with Crippen LogP contribution in [0.1, 0.15) is 36.6 Å². The lowest BCUT2D eigenvalue weighted by atomic mass is 9.92. The standard InChI is InChI=1S/C16H19ClN2/c1-3-18-16-11-6-4-5-7-13(11)19-15-10(2)8-9-12(17)14(15)16/h8-9H,3-7H2,1-2H3,(H,18,19). The van der Waals surface area contributed by atoms with Crippen LogP contribution in [0.25, 0.3) is 10.9 Å². The number of rotatable bonds is 2. The van der Waals surface area contributed by atoms with Crippen molar-refractivity contribution in [1.82, 2.24) is 4.98 Å². The van der Waals surface area contributed by atoms with Crippen LogP contribution in [-0.2, 0) is 12.8 Å². The maximum Gasteiger partial charge on any atom is 0.0770 e. The van der Waals surface area contributed by atoms with Gasteiger partial charge in [0.2, 0.25) is 0 Å². The van der Waals surface area contributed by atoms with Crippen LogP contribution in [0.5, 0.6) is 0 Å². The highest BCUT2D eigenvalue weighted by Gasteiger charge is 2.20. The van der Waals surface area contributed by atoms with E-state index in [9.17, 15) is 0 Å². The topological polar surface area (TPSA) is 24.9 Å². The maximum atomic E-state index is 6.43. The number of benzene rings is 1. The molecule has 0 spiro atoms. The van der Waals surface area contributed by atoms with Crippen molar-refractivity contribution in [2.24, 2.45) is 0 Å². The summed E-state index contributed by atoms with van der Waals surface area (Å²) in [5.41, 5.74) is 6.13. The molecule has 0 saturated carbocycles. The van der Waals surface area contributed by atoms with Gasteiger partial charge in [-0.2, -0.15) is 0 Å². The summed E-state index contributed by atoms with van der Waals surface area (Å²) in [7, 11) is 0. The molecule has 0 saturated heterocycles. The van der Waals surface area contributed by atoms with Gasteiger partial charge in [-0.3, -0.25) is 4.98 Å². The van der Waals surface area contributed by atoms with Crippen LogP contribution in [0.3, 0.4) is 0 Å². The van der Waals surface area contributed by atoms with Crippen molar-refractivity contribution >= 4 is 28.2 Å². The van der Waals surface area contributed by atoms with E-state index in [1.807, 2.05) is 6.07 Å². The molecule has 1 aromatic heterocycles. The zero-order chi connectivity index (χ0) is 13.4. The summed E-state index contributed by atoms with van der Waals surface area (Å²) in [6.45, 7) is 5.15. The molecule has 2 nitrogen and oxygen atoms in total. The van der Waals surface area contributed by atoms with Crippen LogP contribution < -0.4 is 5.32 Å². The molecule has 100 valence electrons. The minimum absolute atomic E-state index is 0.803. The van der Waals surface area contributed by atoms with Crippen molar-refractivity contribution in [3.63, 3.8) is 0 Å². The number of nitrogens with zero attached hydrogens (tertiary/aromatic N) is 1. The van der Waals surface area contributed by atoms with Crippen LogP contribution in [0, 0.1) is 6.92 Å². The fourth-order valence-electron chi connectivity index (χ4n) is 2.99. The molecule has 1 aromatic carbocycles. The Morgan fingerprint density at radius 2 is 2.05 bits per heavy atom. The van der Waals surface area contributed by atoms with Gasteiger partial charge in [-0.05, 0) is 56.7 Å². The molecule has 0 radical (unpaired) electrons. The number of hydrogen-bond donors (Lipinski definition) is 1. The summed E-state index contributed by atoms with van der Waals surface area (Å²) in [5.74, 6) is 0. The minimum Gasteiger partial charge on any atom is -0.384 e. The van der Waals surface area contributed by atoms with Gasteiger partial charge in [-0.1, -0.05) is 17.7 Å². The lowest BCUT2D eigenvalue weighted by Crippen LogP contribution is -2.11. The average Bonchev–Trinajstić information content (AvgIpc) is 2.43. The van der Waals surface area contributed by atoms with Crippen LogP contribution in [0.4, 0.5) is 5.69 Å². The molecule has 1 N–H and O–H groups in total. The van der Waals surface area contributed by atoms with Gasteiger partial charge in [0.1, 0.15) is 0 Å². The lowest BCUT2D eigenvalue weighted by molar-refractivity contribution is 0.672. The number of pyridine rings is 1. The van der Waals surface area contributed by atoms with E-state index in [-0.39, 0.29) is 0 Å². The Hall–Kier alpha value is -1.28. The zero-order valence-corrected chi connectivity index (χ0v) is 12.3. The number of halogens is 1. The van der Waals surface area contributed by atoms with E-state index in [0.29, 0.717) is 0 Å². The highest BCUT2D eigenvalue weighted by molar-refractivity contribution is 6.36. The second-order valence-corrected chi connectivity index (χ2v) is 5.64. The molecule has 3 rings (SSSR count). The van der Waals surface area contributed by atoms with Crippen molar-refractivity contribution < 1.29 is 0 Å². The molecule has 0 amide bonds. The van der Waals surface area contributed by atoms with E-state index in [4.69, 9.17) is 16.6 Å². The summed E-state index contributed by atoms with van der Waals surface area (Å²) in [4.78, 5) is 4.89. The van der Waals surface area contributed by atoms with Gasteiger partial charge >= 0.3 is 0 Å². The first-order valence-electron chi connectivity index (χ1n) is 7.06. The van der Waals surface area contributed by atoms with Gasteiger partial charge in [0.25, 0.3) is 0 Å². The van der Waals surface area contributed by atoms with Gasteiger partial charge < -0.3 is 5.32 Å². The van der Waals surface area contributed by atoms with Crippen molar-refractivity contribution in [3.05, 3.63) is 34.0 Å². The van der Waals surface area contributed by atoms with E-state index in [2.05, 4.69) is 25.2 Å². The molecule has 1 aliphatic rings. The Bertz CT molecular complexity index is 634. The Balaban J connectivity index is 2.39. The molecule has 2 aromatic rings. The Morgan fingerprint density at radius 3 is 2.84 bits per heavy atom. The lowest BCUT2D eigenvalue weighted by Gasteiger charge is -2.22. The Labute approximate surface area is 119 Å². The number of fused-ring (bicyclic) bond motifs is 2. The number of aromatic nitrogens is 1. The maximum absolute atomic E-state index is 6.43. The number of nitrogens with one attached hydrogen (secondary N) is 1. The van der Waals surface area contributed by atoms with Crippen LogP contribution in [0.2, 0.25) is 5.02 Å². The first-order chi connectivity index (χ1) is 9.22. The third kappa shape index (κ3) is 2.08. The molecule has 19 heavy (non-hydrogen) atoms. The van der Waals surface area contributed by atoms with Gasteiger partial charge in [-0.15, -0.1) is 0 Å². The van der Waals surface area contributed by atoms with Gasteiger partial charge in [-0.25, -0.2) is 0 Å². The SMILES string of the molecule is CCNc1c2c(nc3c(C)ccc(Cl)c13)CCCC2. The molecule has 0 fully saturated rings.